The molecule has 7 N–H and O–H groups in total. The van der Waals surface area contributed by atoms with Crippen LogP contribution in [-0.4, -0.2) is 79.3 Å². The van der Waals surface area contributed by atoms with Gasteiger partial charge < -0.3 is 41.2 Å². The maximum absolute atomic E-state index is 11.0. The first-order chi connectivity index (χ1) is 18.3. The van der Waals surface area contributed by atoms with Gasteiger partial charge in [0.2, 0.25) is 5.95 Å². The van der Waals surface area contributed by atoms with Crippen molar-refractivity contribution in [3.63, 3.8) is 0 Å². The summed E-state index contributed by atoms with van der Waals surface area (Å²) in [6.07, 6.45) is -3.44. The largest absolute Gasteiger partial charge is 0.484 e. The Hall–Kier alpha value is -4.30. The van der Waals surface area contributed by atoms with Crippen LogP contribution in [0.2, 0.25) is 0 Å². The fourth-order valence-corrected chi connectivity index (χ4v) is 4.39. The van der Waals surface area contributed by atoms with Crippen LogP contribution < -0.4 is 21.1 Å². The summed E-state index contributed by atoms with van der Waals surface area (Å²) >= 11 is 0. The van der Waals surface area contributed by atoms with Crippen LogP contribution in [0.25, 0.3) is 22.3 Å². The topological polar surface area (TPSA) is 195 Å². The molecule has 1 aliphatic rings. The Morgan fingerprint density at radius 1 is 1.13 bits per heavy atom. The Morgan fingerprint density at radius 3 is 2.58 bits per heavy atom. The molecule has 0 radical (unpaired) electrons. The van der Waals surface area contributed by atoms with Gasteiger partial charge in [0.25, 0.3) is 5.91 Å². The number of carbonyl (C=O) groups excluding carboxylic acids is 1. The third-order valence-corrected chi connectivity index (χ3v) is 6.36. The number of rotatable bonds is 8. The van der Waals surface area contributed by atoms with E-state index in [-0.39, 0.29) is 12.4 Å². The number of nitrogens with zero attached hydrogens (tertiary/aromatic N) is 5. The van der Waals surface area contributed by atoms with E-state index >= 15 is 0 Å². The minimum Gasteiger partial charge on any atom is -0.484 e. The molecule has 0 unspecified atom stereocenters. The number of nitrogens with two attached hydrogens (primary N) is 2. The maximum Gasteiger partial charge on any atom is 0.255 e. The lowest BCUT2D eigenvalue weighted by atomic mass is 10.0. The number of primary amides is 1. The van der Waals surface area contributed by atoms with E-state index in [2.05, 4.69) is 15.0 Å². The zero-order chi connectivity index (χ0) is 27.0. The molecule has 198 valence electrons. The number of imidazole rings is 1. The van der Waals surface area contributed by atoms with Gasteiger partial charge in [-0.05, 0) is 35.4 Å². The highest BCUT2D eigenvalue weighted by atomic mass is 16.6. The van der Waals surface area contributed by atoms with E-state index in [0.29, 0.717) is 22.9 Å². The molecule has 4 atom stereocenters. The van der Waals surface area contributed by atoms with Crippen LogP contribution in [0.3, 0.4) is 0 Å². The average Bonchev–Trinajstić information content (AvgIpc) is 3.45. The van der Waals surface area contributed by atoms with Gasteiger partial charge in [-0.3, -0.25) is 9.36 Å². The Morgan fingerprint density at radius 2 is 1.89 bits per heavy atom. The second-order valence-electron chi connectivity index (χ2n) is 8.83. The van der Waals surface area contributed by atoms with Gasteiger partial charge in [-0.1, -0.05) is 24.3 Å². The molecule has 2 aromatic carbocycles. The number of carbonyl (C=O) groups is 1. The van der Waals surface area contributed by atoms with Crippen molar-refractivity contribution in [3.8, 4) is 16.9 Å². The number of ether oxygens (including phenoxy) is 2. The van der Waals surface area contributed by atoms with E-state index in [1.807, 2.05) is 42.5 Å². The summed E-state index contributed by atoms with van der Waals surface area (Å²) in [5.74, 6) is 0.437. The van der Waals surface area contributed by atoms with Crippen LogP contribution in [0.5, 0.6) is 5.75 Å². The van der Waals surface area contributed by atoms with Crippen molar-refractivity contribution in [1.82, 2.24) is 19.5 Å². The molecular weight excluding hydrogens is 494 g/mol. The van der Waals surface area contributed by atoms with Crippen molar-refractivity contribution >= 4 is 34.5 Å². The van der Waals surface area contributed by atoms with Crippen molar-refractivity contribution < 1.29 is 29.6 Å². The van der Waals surface area contributed by atoms with E-state index in [0.717, 1.165) is 16.8 Å². The molecule has 4 aromatic rings. The fraction of sp³-hybridized carbons (Fsp3) is 0.280. The van der Waals surface area contributed by atoms with Gasteiger partial charge >= 0.3 is 0 Å². The minimum absolute atomic E-state index is 0.143. The van der Waals surface area contributed by atoms with E-state index < -0.39 is 37.1 Å². The molecule has 2 aromatic heterocycles. The van der Waals surface area contributed by atoms with Crippen molar-refractivity contribution in [2.24, 2.45) is 5.73 Å². The first-order valence-electron chi connectivity index (χ1n) is 11.7. The fourth-order valence-electron chi connectivity index (χ4n) is 4.39. The third-order valence-electron chi connectivity index (χ3n) is 6.36. The number of nitrogen functional groups attached to an aromatic ring is 1. The van der Waals surface area contributed by atoms with Gasteiger partial charge in [0.05, 0.1) is 6.61 Å². The molecule has 0 saturated carbocycles. The second-order valence-corrected chi connectivity index (χ2v) is 8.83. The molecule has 0 bridgehead atoms. The van der Waals surface area contributed by atoms with Crippen molar-refractivity contribution in [1.29, 1.82) is 0 Å². The molecule has 0 spiro atoms. The number of amides is 1. The lowest BCUT2D eigenvalue weighted by Gasteiger charge is -2.24. The highest BCUT2D eigenvalue weighted by Gasteiger charge is 2.45. The maximum atomic E-state index is 11.0. The second kappa shape index (κ2) is 10.2. The number of aliphatic hydroxyl groups excluding tert-OH is 3. The number of benzene rings is 2. The minimum atomic E-state index is -1.35. The first kappa shape index (κ1) is 25.4. The normalized spacial score (nSPS) is 21.1. The third kappa shape index (κ3) is 4.59. The van der Waals surface area contributed by atoms with Crippen molar-refractivity contribution in [2.75, 3.05) is 30.9 Å². The standard InChI is InChI=1S/C25H27N7O6/c1-31(15-7-5-13(6-8-15)14-3-2-4-16(9-14)37-11-18(26)34)25-30-19-22(27)28-12-29-23(19)32(25)24-21(36)20(35)17(10-33)38-24/h2-9,12,17,20-21,24,33,35-36H,10-11H2,1H3,(H2,26,34)(H2,27,28,29)/t17-,20-,21-,24-/m1/s1. The lowest BCUT2D eigenvalue weighted by Crippen LogP contribution is -2.33. The molecule has 1 aliphatic heterocycles. The molecule has 13 nitrogen and oxygen atoms in total. The molecular formula is C25H27N7O6. The lowest BCUT2D eigenvalue weighted by molar-refractivity contribution is -0.119. The van der Waals surface area contributed by atoms with Crippen LogP contribution in [0, 0.1) is 0 Å². The van der Waals surface area contributed by atoms with Crippen LogP contribution in [-0.2, 0) is 9.53 Å². The Kier molecular flexibility index (Phi) is 6.82. The molecule has 1 fully saturated rings. The van der Waals surface area contributed by atoms with Gasteiger partial charge in [-0.2, -0.15) is 0 Å². The number of aliphatic hydroxyl groups is 3. The van der Waals surface area contributed by atoms with Crippen LogP contribution in [0.1, 0.15) is 6.23 Å². The molecule has 0 aliphatic carbocycles. The summed E-state index contributed by atoms with van der Waals surface area (Å²) in [5.41, 5.74) is 14.3. The Balaban J connectivity index is 1.49. The van der Waals surface area contributed by atoms with Crippen LogP contribution in [0.4, 0.5) is 17.5 Å². The molecule has 5 rings (SSSR count). The van der Waals surface area contributed by atoms with E-state index in [1.165, 1.54) is 10.9 Å². The van der Waals surface area contributed by atoms with E-state index in [4.69, 9.17) is 20.9 Å². The average molecular weight is 522 g/mol. The summed E-state index contributed by atoms with van der Waals surface area (Å²) < 4.78 is 12.7. The van der Waals surface area contributed by atoms with Crippen molar-refractivity contribution in [3.05, 3.63) is 54.9 Å². The molecule has 1 saturated heterocycles. The zero-order valence-corrected chi connectivity index (χ0v) is 20.4. The van der Waals surface area contributed by atoms with Crippen LogP contribution >= 0.6 is 0 Å². The summed E-state index contributed by atoms with van der Waals surface area (Å²) in [6, 6.07) is 14.9. The van der Waals surface area contributed by atoms with Gasteiger partial charge in [-0.25, -0.2) is 15.0 Å². The molecule has 38 heavy (non-hydrogen) atoms. The van der Waals surface area contributed by atoms with Gasteiger partial charge in [0, 0.05) is 12.7 Å². The predicted molar refractivity (Wildman–Crippen MR) is 137 cm³/mol. The highest BCUT2D eigenvalue weighted by Crippen LogP contribution is 2.38. The Labute approximate surface area is 216 Å². The monoisotopic (exact) mass is 521 g/mol. The summed E-state index contributed by atoms with van der Waals surface area (Å²) in [4.78, 5) is 25.7. The van der Waals surface area contributed by atoms with Gasteiger partial charge in [-0.15, -0.1) is 0 Å². The highest BCUT2D eigenvalue weighted by molar-refractivity contribution is 5.85. The summed E-state index contributed by atoms with van der Waals surface area (Å²) in [6.45, 7) is -0.682. The smallest absolute Gasteiger partial charge is 0.255 e. The van der Waals surface area contributed by atoms with Gasteiger partial charge in [0.1, 0.15) is 30.4 Å². The Bertz CT molecular complexity index is 1460. The van der Waals surface area contributed by atoms with Gasteiger partial charge in [0.15, 0.2) is 29.8 Å². The molecule has 13 heteroatoms. The SMILES string of the molecule is CN(c1ccc(-c2cccc(OCC(N)=O)c2)cc1)c1nc2c(N)ncnc2n1[C@@H]1O[C@H](CO)[C@@H](O)[C@H]1O. The zero-order valence-electron chi connectivity index (χ0n) is 20.4. The van der Waals surface area contributed by atoms with E-state index in [9.17, 15) is 20.1 Å². The summed E-state index contributed by atoms with van der Waals surface area (Å²) in [5, 5.41) is 30.6. The number of hydrogen-bond acceptors (Lipinski definition) is 11. The number of anilines is 3. The predicted octanol–water partition coefficient (Wildman–Crippen LogP) is 0.319. The number of aromatic nitrogens is 4. The summed E-state index contributed by atoms with van der Waals surface area (Å²) in [7, 11) is 1.77. The van der Waals surface area contributed by atoms with Crippen molar-refractivity contribution in [2.45, 2.75) is 24.5 Å². The quantitative estimate of drug-likeness (QED) is 0.214. The molecule has 1 amide bonds. The number of fused-ring (bicyclic) bond motifs is 1. The van der Waals surface area contributed by atoms with E-state index in [1.54, 1.807) is 18.0 Å². The molecule has 3 heterocycles. The van der Waals surface area contributed by atoms with Crippen LogP contribution in [0.15, 0.2) is 54.9 Å². The first-order valence-corrected chi connectivity index (χ1v) is 11.7. The number of hydrogen-bond donors (Lipinski definition) is 5.